The fourth-order valence-electron chi connectivity index (χ4n) is 1.45. The van der Waals surface area contributed by atoms with Crippen molar-refractivity contribution in [2.75, 3.05) is 5.73 Å². The van der Waals surface area contributed by atoms with Crippen LogP contribution in [0.15, 0.2) is 42.6 Å². The van der Waals surface area contributed by atoms with E-state index in [2.05, 4.69) is 4.98 Å². The first-order chi connectivity index (χ1) is 9.70. The van der Waals surface area contributed by atoms with Gasteiger partial charge in [-0.15, -0.1) is 0 Å². The van der Waals surface area contributed by atoms with E-state index >= 15 is 0 Å². The van der Waals surface area contributed by atoms with Gasteiger partial charge in [0.2, 0.25) is 5.88 Å². The van der Waals surface area contributed by atoms with Gasteiger partial charge in [-0.05, 0) is 30.3 Å². The standard InChI is InChI=1S/C13H9Cl2F3N2O/c14-13(15,18)12(16,17)8-1-6-11(20-7-8)21-10-4-2-9(19)3-5-10/h1-7H,19H2. The molecule has 0 radical (unpaired) electrons. The summed E-state index contributed by atoms with van der Waals surface area (Å²) in [4.78, 5) is 3.66. The molecular formula is C13H9Cl2F3N2O. The first-order valence-electron chi connectivity index (χ1n) is 5.64. The molecule has 21 heavy (non-hydrogen) atoms. The van der Waals surface area contributed by atoms with Crippen molar-refractivity contribution < 1.29 is 17.9 Å². The molecule has 0 unspecified atom stereocenters. The predicted molar refractivity (Wildman–Crippen MR) is 74.6 cm³/mol. The van der Waals surface area contributed by atoms with Gasteiger partial charge in [-0.1, -0.05) is 23.2 Å². The van der Waals surface area contributed by atoms with Gasteiger partial charge >= 0.3 is 10.5 Å². The fraction of sp³-hybridized carbons (Fsp3) is 0.154. The van der Waals surface area contributed by atoms with Crippen LogP contribution >= 0.6 is 23.2 Å². The summed E-state index contributed by atoms with van der Waals surface area (Å²) < 4.78 is 41.7. The third-order valence-electron chi connectivity index (χ3n) is 2.56. The number of rotatable bonds is 4. The molecule has 2 rings (SSSR count). The van der Waals surface area contributed by atoms with Gasteiger partial charge in [-0.3, -0.25) is 0 Å². The molecule has 0 spiro atoms. The Bertz CT molecular complexity index is 613. The van der Waals surface area contributed by atoms with Gasteiger partial charge in [0.05, 0.1) is 0 Å². The Balaban J connectivity index is 2.18. The Labute approximate surface area is 128 Å². The number of hydrogen-bond donors (Lipinski definition) is 1. The Morgan fingerprint density at radius 2 is 1.62 bits per heavy atom. The third kappa shape index (κ3) is 3.51. The summed E-state index contributed by atoms with van der Waals surface area (Å²) in [6.45, 7) is 0. The molecule has 8 heteroatoms. The van der Waals surface area contributed by atoms with E-state index in [0.717, 1.165) is 18.3 Å². The number of nitrogens with zero attached hydrogens (tertiary/aromatic N) is 1. The summed E-state index contributed by atoms with van der Waals surface area (Å²) in [5, 5.41) is 0. The van der Waals surface area contributed by atoms with Crippen molar-refractivity contribution in [2.24, 2.45) is 0 Å². The molecule has 0 saturated heterocycles. The van der Waals surface area contributed by atoms with E-state index < -0.39 is 16.1 Å². The molecule has 0 fully saturated rings. The second-order valence-electron chi connectivity index (χ2n) is 4.13. The summed E-state index contributed by atoms with van der Waals surface area (Å²) in [6, 6.07) is 8.47. The molecule has 0 bridgehead atoms. The maximum absolute atomic E-state index is 13.5. The lowest BCUT2D eigenvalue weighted by Crippen LogP contribution is -2.31. The Morgan fingerprint density at radius 3 is 2.10 bits per heavy atom. The Morgan fingerprint density at radius 1 is 1.00 bits per heavy atom. The van der Waals surface area contributed by atoms with Crippen molar-refractivity contribution in [1.82, 2.24) is 4.98 Å². The second-order valence-corrected chi connectivity index (χ2v) is 5.36. The maximum atomic E-state index is 13.5. The lowest BCUT2D eigenvalue weighted by molar-refractivity contribution is -0.0653. The zero-order valence-corrected chi connectivity index (χ0v) is 11.9. The van der Waals surface area contributed by atoms with Crippen LogP contribution in [0.4, 0.5) is 18.9 Å². The maximum Gasteiger partial charge on any atom is 0.336 e. The molecule has 2 N–H and O–H groups in total. The lowest BCUT2D eigenvalue weighted by Gasteiger charge is -2.22. The van der Waals surface area contributed by atoms with Crippen molar-refractivity contribution in [3.8, 4) is 11.6 Å². The van der Waals surface area contributed by atoms with Crippen LogP contribution in [0.3, 0.4) is 0 Å². The van der Waals surface area contributed by atoms with Crippen molar-refractivity contribution >= 4 is 28.9 Å². The van der Waals surface area contributed by atoms with E-state index in [0.29, 0.717) is 11.4 Å². The van der Waals surface area contributed by atoms with E-state index in [9.17, 15) is 13.2 Å². The zero-order valence-electron chi connectivity index (χ0n) is 10.4. The first-order valence-corrected chi connectivity index (χ1v) is 6.40. The number of halogens is 5. The minimum atomic E-state index is -4.09. The van der Waals surface area contributed by atoms with E-state index in [1.54, 1.807) is 24.3 Å². The highest BCUT2D eigenvalue weighted by Gasteiger charge is 2.54. The zero-order chi connectivity index (χ0) is 15.7. The van der Waals surface area contributed by atoms with Crippen LogP contribution in [0.25, 0.3) is 0 Å². The SMILES string of the molecule is Nc1ccc(Oc2ccc(C(F)(F)C(F)(Cl)Cl)cn2)cc1. The van der Waals surface area contributed by atoms with Gasteiger partial charge in [0, 0.05) is 23.5 Å². The number of anilines is 1. The predicted octanol–water partition coefficient (Wildman–Crippen LogP) is 4.65. The normalized spacial score (nSPS) is 12.2. The molecule has 2 aromatic rings. The minimum Gasteiger partial charge on any atom is -0.439 e. The van der Waals surface area contributed by atoms with Crippen LogP contribution < -0.4 is 10.5 Å². The Kier molecular flexibility index (Phi) is 4.20. The number of aromatic nitrogens is 1. The summed E-state index contributed by atoms with van der Waals surface area (Å²) in [5.41, 5.74) is 5.30. The summed E-state index contributed by atoms with van der Waals surface area (Å²) >= 11 is 9.64. The van der Waals surface area contributed by atoms with Crippen LogP contribution in [-0.4, -0.2) is 9.57 Å². The molecule has 0 atom stereocenters. The average Bonchev–Trinajstić information content (AvgIpc) is 2.41. The van der Waals surface area contributed by atoms with Crippen LogP contribution in [0.1, 0.15) is 5.56 Å². The number of alkyl halides is 5. The number of nitrogen functional groups attached to an aromatic ring is 1. The summed E-state index contributed by atoms with van der Waals surface area (Å²) in [5.74, 6) is -3.62. The van der Waals surface area contributed by atoms with Crippen LogP contribution in [-0.2, 0) is 5.92 Å². The average molecular weight is 337 g/mol. The number of pyridine rings is 1. The monoisotopic (exact) mass is 336 g/mol. The quantitative estimate of drug-likeness (QED) is 0.653. The fourth-order valence-corrected chi connectivity index (χ4v) is 1.66. The summed E-state index contributed by atoms with van der Waals surface area (Å²) in [6.07, 6.45) is 0.742. The van der Waals surface area contributed by atoms with Crippen molar-refractivity contribution in [3.05, 3.63) is 48.2 Å². The molecule has 0 aliphatic carbocycles. The highest BCUT2D eigenvalue weighted by Crippen LogP contribution is 2.47. The first kappa shape index (κ1) is 15.7. The van der Waals surface area contributed by atoms with Crippen molar-refractivity contribution in [2.45, 2.75) is 10.5 Å². The largest absolute Gasteiger partial charge is 0.439 e. The van der Waals surface area contributed by atoms with Gasteiger partial charge < -0.3 is 10.5 Å². The van der Waals surface area contributed by atoms with Crippen LogP contribution in [0.2, 0.25) is 0 Å². The van der Waals surface area contributed by atoms with E-state index in [4.69, 9.17) is 33.7 Å². The number of ether oxygens (including phenoxy) is 1. The topological polar surface area (TPSA) is 48.1 Å². The molecule has 0 saturated carbocycles. The molecule has 3 nitrogen and oxygen atoms in total. The molecule has 0 aliphatic heterocycles. The molecule has 112 valence electrons. The molecule has 1 aromatic carbocycles. The smallest absolute Gasteiger partial charge is 0.336 e. The molecule has 0 amide bonds. The number of hydrogen-bond acceptors (Lipinski definition) is 3. The van der Waals surface area contributed by atoms with Gasteiger partial charge in [0.1, 0.15) is 5.75 Å². The lowest BCUT2D eigenvalue weighted by atomic mass is 10.1. The molecular weight excluding hydrogens is 328 g/mol. The number of nitrogens with two attached hydrogens (primary N) is 1. The summed E-state index contributed by atoms with van der Waals surface area (Å²) in [7, 11) is 0. The molecule has 1 heterocycles. The third-order valence-corrected chi connectivity index (χ3v) is 3.03. The van der Waals surface area contributed by atoms with E-state index in [1.165, 1.54) is 0 Å². The molecule has 1 aromatic heterocycles. The highest BCUT2D eigenvalue weighted by molar-refractivity contribution is 6.47. The second kappa shape index (κ2) is 5.61. The van der Waals surface area contributed by atoms with Crippen molar-refractivity contribution in [3.63, 3.8) is 0 Å². The Hall–Kier alpha value is -1.66. The number of benzene rings is 1. The highest BCUT2D eigenvalue weighted by atomic mass is 35.5. The van der Waals surface area contributed by atoms with E-state index in [1.807, 2.05) is 0 Å². The van der Waals surface area contributed by atoms with Gasteiger partial charge in [-0.2, -0.15) is 8.78 Å². The van der Waals surface area contributed by atoms with Crippen molar-refractivity contribution in [1.29, 1.82) is 0 Å². The van der Waals surface area contributed by atoms with Gasteiger partial charge in [0.15, 0.2) is 0 Å². The van der Waals surface area contributed by atoms with Gasteiger partial charge in [-0.25, -0.2) is 9.37 Å². The molecule has 0 aliphatic rings. The van der Waals surface area contributed by atoms with E-state index in [-0.39, 0.29) is 5.88 Å². The van der Waals surface area contributed by atoms with Crippen LogP contribution in [0, 0.1) is 0 Å². The minimum absolute atomic E-state index is 0.0490. The van der Waals surface area contributed by atoms with Crippen LogP contribution in [0.5, 0.6) is 11.6 Å². The van der Waals surface area contributed by atoms with Gasteiger partial charge in [0.25, 0.3) is 0 Å².